The molecule has 0 aliphatic heterocycles. The first-order valence-corrected chi connectivity index (χ1v) is 8.66. The lowest BCUT2D eigenvalue weighted by Crippen LogP contribution is -2.30. The lowest BCUT2D eigenvalue weighted by atomic mass is 10.3. The molecule has 0 unspecified atom stereocenters. The van der Waals surface area contributed by atoms with Gasteiger partial charge in [0.1, 0.15) is 0 Å². The van der Waals surface area contributed by atoms with Crippen molar-refractivity contribution in [3.05, 3.63) is 28.7 Å². The van der Waals surface area contributed by atoms with Crippen molar-refractivity contribution in [2.24, 2.45) is 0 Å². The minimum atomic E-state index is -0.456. The van der Waals surface area contributed by atoms with E-state index in [1.807, 2.05) is 24.3 Å². The number of nitrogens with one attached hydrogen (secondary N) is 1. The second-order valence-electron chi connectivity index (χ2n) is 4.43. The number of amides is 1. The summed E-state index contributed by atoms with van der Waals surface area (Å²) in [5.74, 6) is -1.04. The zero-order chi connectivity index (χ0) is 17.1. The number of carbonyl (C=O) groups is 3. The molecular weight excluding hydrogens is 386 g/mol. The third-order valence-electron chi connectivity index (χ3n) is 2.64. The van der Waals surface area contributed by atoms with E-state index >= 15 is 0 Å². The van der Waals surface area contributed by atoms with E-state index in [-0.39, 0.29) is 24.7 Å². The average Bonchev–Trinajstić information content (AvgIpc) is 2.56. The normalized spacial score (nSPS) is 10.0. The van der Waals surface area contributed by atoms with Gasteiger partial charge in [-0.1, -0.05) is 15.9 Å². The Morgan fingerprint density at radius 1 is 1.17 bits per heavy atom. The highest BCUT2D eigenvalue weighted by atomic mass is 79.9. The van der Waals surface area contributed by atoms with Gasteiger partial charge in [0.25, 0.3) is 5.91 Å². The summed E-state index contributed by atoms with van der Waals surface area (Å²) in [6.45, 7) is 0.0110. The van der Waals surface area contributed by atoms with Crippen LogP contribution in [0, 0.1) is 0 Å². The molecule has 0 spiro atoms. The number of hydrogen-bond donors (Lipinski definition) is 1. The van der Waals surface area contributed by atoms with Crippen LogP contribution >= 0.6 is 27.7 Å². The van der Waals surface area contributed by atoms with E-state index in [4.69, 9.17) is 4.74 Å². The highest BCUT2D eigenvalue weighted by Gasteiger charge is 2.08. The van der Waals surface area contributed by atoms with E-state index in [0.29, 0.717) is 13.0 Å². The highest BCUT2D eigenvalue weighted by molar-refractivity contribution is 9.10. The van der Waals surface area contributed by atoms with Crippen molar-refractivity contribution in [1.29, 1.82) is 0 Å². The van der Waals surface area contributed by atoms with E-state index < -0.39 is 11.9 Å². The molecule has 1 N–H and O–H groups in total. The van der Waals surface area contributed by atoms with Crippen LogP contribution in [0.15, 0.2) is 33.6 Å². The van der Waals surface area contributed by atoms with Gasteiger partial charge >= 0.3 is 11.9 Å². The second-order valence-corrected chi connectivity index (χ2v) is 6.40. The Balaban J connectivity index is 2.11. The van der Waals surface area contributed by atoms with Crippen molar-refractivity contribution in [2.75, 3.05) is 26.0 Å². The van der Waals surface area contributed by atoms with Crippen molar-refractivity contribution in [3.8, 4) is 0 Å². The maximum Gasteiger partial charge on any atom is 0.316 e. The first-order chi connectivity index (χ1) is 11.0. The van der Waals surface area contributed by atoms with Crippen LogP contribution in [-0.4, -0.2) is 43.9 Å². The van der Waals surface area contributed by atoms with Gasteiger partial charge in [-0.15, -0.1) is 11.8 Å². The van der Waals surface area contributed by atoms with Crippen LogP contribution in [-0.2, 0) is 23.9 Å². The fourth-order valence-electron chi connectivity index (χ4n) is 1.47. The third kappa shape index (κ3) is 9.25. The fraction of sp³-hybridized carbons (Fsp3) is 0.400. The summed E-state index contributed by atoms with van der Waals surface area (Å²) in [6, 6.07) is 7.54. The summed E-state index contributed by atoms with van der Waals surface area (Å²) in [6.07, 6.45) is 0.714. The molecule has 1 rings (SSSR count). The van der Waals surface area contributed by atoms with Gasteiger partial charge in [0.2, 0.25) is 0 Å². The lowest BCUT2D eigenvalue weighted by molar-refractivity contribution is -0.145. The van der Waals surface area contributed by atoms with Gasteiger partial charge in [0.05, 0.1) is 12.9 Å². The Kier molecular flexibility index (Phi) is 9.39. The van der Waals surface area contributed by atoms with Gasteiger partial charge < -0.3 is 14.8 Å². The molecule has 126 valence electrons. The second kappa shape index (κ2) is 11.1. The molecule has 0 radical (unpaired) electrons. The molecule has 0 aromatic heterocycles. The van der Waals surface area contributed by atoms with Crippen LogP contribution in [0.25, 0.3) is 0 Å². The maximum absolute atomic E-state index is 11.6. The molecule has 23 heavy (non-hydrogen) atoms. The molecule has 0 aliphatic rings. The van der Waals surface area contributed by atoms with Crippen LogP contribution in [0.1, 0.15) is 12.8 Å². The molecule has 1 aromatic carbocycles. The maximum atomic E-state index is 11.6. The number of ether oxygens (including phenoxy) is 2. The standard InChI is InChI=1S/C15H18BrNO5S/c1-21-14(19)3-2-8-17-13(18)9-22-15(20)10-23-12-6-4-11(16)5-7-12/h4-7H,2-3,8-10H2,1H3,(H,17,18). The molecular formula is C15H18BrNO5S. The number of halogens is 1. The summed E-state index contributed by atoms with van der Waals surface area (Å²) in [7, 11) is 1.31. The van der Waals surface area contributed by atoms with Gasteiger partial charge in [-0.05, 0) is 30.7 Å². The van der Waals surface area contributed by atoms with Gasteiger partial charge in [-0.2, -0.15) is 0 Å². The first-order valence-electron chi connectivity index (χ1n) is 6.88. The molecule has 0 saturated heterocycles. The van der Waals surface area contributed by atoms with Crippen LogP contribution in [0.5, 0.6) is 0 Å². The predicted octanol–water partition coefficient (Wildman–Crippen LogP) is 2.15. The zero-order valence-electron chi connectivity index (χ0n) is 12.7. The predicted molar refractivity (Wildman–Crippen MR) is 90.1 cm³/mol. The molecule has 0 atom stereocenters. The molecule has 0 fully saturated rings. The molecule has 0 heterocycles. The van der Waals surface area contributed by atoms with Gasteiger partial charge in [0.15, 0.2) is 6.61 Å². The summed E-state index contributed by atoms with van der Waals surface area (Å²) in [5, 5.41) is 2.56. The van der Waals surface area contributed by atoms with E-state index in [2.05, 4.69) is 26.0 Å². The number of methoxy groups -OCH3 is 1. The zero-order valence-corrected chi connectivity index (χ0v) is 15.1. The van der Waals surface area contributed by atoms with Crippen LogP contribution in [0.2, 0.25) is 0 Å². The summed E-state index contributed by atoms with van der Waals surface area (Å²) in [4.78, 5) is 34.8. The molecule has 0 aliphatic carbocycles. The van der Waals surface area contributed by atoms with Crippen molar-refractivity contribution in [3.63, 3.8) is 0 Å². The Labute approximate surface area is 147 Å². The Morgan fingerprint density at radius 3 is 2.52 bits per heavy atom. The smallest absolute Gasteiger partial charge is 0.316 e. The topological polar surface area (TPSA) is 81.7 Å². The van der Waals surface area contributed by atoms with Gasteiger partial charge in [0, 0.05) is 22.3 Å². The van der Waals surface area contributed by atoms with Crippen LogP contribution < -0.4 is 5.32 Å². The summed E-state index contributed by atoms with van der Waals surface area (Å²) >= 11 is 4.67. The summed E-state index contributed by atoms with van der Waals surface area (Å²) < 4.78 is 10.3. The molecule has 8 heteroatoms. The molecule has 0 saturated carbocycles. The average molecular weight is 404 g/mol. The molecule has 6 nitrogen and oxygen atoms in total. The number of thioether (sulfide) groups is 1. The first kappa shape index (κ1) is 19.5. The Hall–Kier alpha value is -1.54. The minimum Gasteiger partial charge on any atom is -0.469 e. The van der Waals surface area contributed by atoms with Crippen LogP contribution in [0.3, 0.4) is 0 Å². The van der Waals surface area contributed by atoms with Gasteiger partial charge in [-0.3, -0.25) is 14.4 Å². The number of benzene rings is 1. The highest BCUT2D eigenvalue weighted by Crippen LogP contribution is 2.20. The number of rotatable bonds is 9. The SMILES string of the molecule is COC(=O)CCCNC(=O)COC(=O)CSc1ccc(Br)cc1. The summed E-state index contributed by atoms with van der Waals surface area (Å²) in [5.41, 5.74) is 0. The van der Waals surface area contributed by atoms with E-state index in [1.165, 1.54) is 18.9 Å². The number of esters is 2. The van der Waals surface area contributed by atoms with Crippen molar-refractivity contribution in [2.45, 2.75) is 17.7 Å². The van der Waals surface area contributed by atoms with Gasteiger partial charge in [-0.25, -0.2) is 0 Å². The van der Waals surface area contributed by atoms with Crippen LogP contribution in [0.4, 0.5) is 0 Å². The quantitative estimate of drug-likeness (QED) is 0.386. The molecule has 0 bridgehead atoms. The van der Waals surface area contributed by atoms with Crippen molar-refractivity contribution >= 4 is 45.5 Å². The van der Waals surface area contributed by atoms with Crippen molar-refractivity contribution in [1.82, 2.24) is 5.32 Å². The van der Waals surface area contributed by atoms with E-state index in [0.717, 1.165) is 9.37 Å². The minimum absolute atomic E-state index is 0.136. The fourth-order valence-corrected chi connectivity index (χ4v) is 2.44. The monoisotopic (exact) mass is 403 g/mol. The number of hydrogen-bond acceptors (Lipinski definition) is 6. The third-order valence-corrected chi connectivity index (χ3v) is 4.16. The molecule has 1 aromatic rings. The Morgan fingerprint density at radius 2 is 1.87 bits per heavy atom. The number of carbonyl (C=O) groups excluding carboxylic acids is 3. The molecule has 1 amide bonds. The van der Waals surface area contributed by atoms with E-state index in [1.54, 1.807) is 0 Å². The van der Waals surface area contributed by atoms with Crippen molar-refractivity contribution < 1.29 is 23.9 Å². The lowest BCUT2D eigenvalue weighted by Gasteiger charge is -2.06. The Bertz CT molecular complexity index is 535. The largest absolute Gasteiger partial charge is 0.469 e. The van der Waals surface area contributed by atoms with E-state index in [9.17, 15) is 14.4 Å².